The summed E-state index contributed by atoms with van der Waals surface area (Å²) in [6, 6.07) is 0. The van der Waals surface area contributed by atoms with Crippen molar-refractivity contribution in [2.24, 2.45) is 0 Å². The van der Waals surface area contributed by atoms with Crippen molar-refractivity contribution in [3.05, 3.63) is 0 Å². The van der Waals surface area contributed by atoms with Crippen molar-refractivity contribution in [2.45, 2.75) is 31.5 Å². The number of ether oxygens (including phenoxy) is 4. The Kier molecular flexibility index (Phi) is 5.37. The van der Waals surface area contributed by atoms with Crippen molar-refractivity contribution in [1.29, 1.82) is 0 Å². The second-order valence-electron chi connectivity index (χ2n) is 3.76. The summed E-state index contributed by atoms with van der Waals surface area (Å²) < 4.78 is 20.1. The summed E-state index contributed by atoms with van der Waals surface area (Å²) in [5, 5.41) is 0. The highest BCUT2D eigenvalue weighted by Gasteiger charge is 2.37. The molecule has 0 N–H and O–H groups in total. The molecule has 98 valence electrons. The van der Waals surface area contributed by atoms with Crippen LogP contribution in [0.15, 0.2) is 0 Å². The Morgan fingerprint density at radius 2 is 1.41 bits per heavy atom. The van der Waals surface area contributed by atoms with Gasteiger partial charge in [0.15, 0.2) is 5.79 Å². The molecule has 0 aliphatic carbocycles. The summed E-state index contributed by atoms with van der Waals surface area (Å²) in [6.07, 6.45) is 1.18. The second-order valence-corrected chi connectivity index (χ2v) is 3.76. The molecule has 0 radical (unpaired) electrons. The van der Waals surface area contributed by atoms with Gasteiger partial charge >= 0.3 is 11.9 Å². The van der Waals surface area contributed by atoms with Gasteiger partial charge in [0.05, 0.1) is 40.3 Å². The first-order valence-electron chi connectivity index (χ1n) is 5.53. The first-order valence-corrected chi connectivity index (χ1v) is 5.53. The lowest BCUT2D eigenvalue weighted by atomic mass is 10.0. The smallest absolute Gasteiger partial charge is 0.305 e. The van der Waals surface area contributed by atoms with Crippen molar-refractivity contribution < 1.29 is 28.5 Å². The van der Waals surface area contributed by atoms with Crippen LogP contribution in [-0.4, -0.2) is 45.2 Å². The van der Waals surface area contributed by atoms with E-state index in [9.17, 15) is 9.59 Å². The lowest BCUT2D eigenvalue weighted by Crippen LogP contribution is -2.32. The van der Waals surface area contributed by atoms with Gasteiger partial charge in [0.2, 0.25) is 0 Å². The van der Waals surface area contributed by atoms with Gasteiger partial charge < -0.3 is 18.9 Å². The predicted molar refractivity (Wildman–Crippen MR) is 57.1 cm³/mol. The number of carbonyl (C=O) groups is 2. The molecule has 0 amide bonds. The van der Waals surface area contributed by atoms with E-state index in [2.05, 4.69) is 9.47 Å². The third kappa shape index (κ3) is 4.32. The standard InChI is InChI=1S/C11H18O6/c1-14-9(12)3-5-11(16-7-8-17-11)6-4-10(13)15-2/h3-8H2,1-2H3. The van der Waals surface area contributed by atoms with Gasteiger partial charge in [-0.15, -0.1) is 0 Å². The fourth-order valence-corrected chi connectivity index (χ4v) is 1.70. The SMILES string of the molecule is COC(=O)CCC1(CCC(=O)OC)OCCO1. The zero-order valence-electron chi connectivity index (χ0n) is 10.2. The van der Waals surface area contributed by atoms with Gasteiger partial charge in [-0.1, -0.05) is 0 Å². The van der Waals surface area contributed by atoms with Crippen LogP contribution in [0.3, 0.4) is 0 Å². The Labute approximate surface area is 100 Å². The van der Waals surface area contributed by atoms with Gasteiger partial charge in [-0.3, -0.25) is 9.59 Å². The molecule has 0 aromatic rings. The summed E-state index contributed by atoms with van der Waals surface area (Å²) in [4.78, 5) is 22.2. The van der Waals surface area contributed by atoms with E-state index in [-0.39, 0.29) is 24.8 Å². The first kappa shape index (κ1) is 13.9. The maximum absolute atomic E-state index is 11.1. The number of methoxy groups -OCH3 is 2. The molecule has 0 unspecified atom stereocenters. The molecule has 1 fully saturated rings. The van der Waals surface area contributed by atoms with Crippen LogP contribution in [0, 0.1) is 0 Å². The van der Waals surface area contributed by atoms with Crippen molar-refractivity contribution >= 4 is 11.9 Å². The van der Waals surface area contributed by atoms with Crippen molar-refractivity contribution in [3.63, 3.8) is 0 Å². The summed E-state index contributed by atoms with van der Waals surface area (Å²) >= 11 is 0. The molecule has 1 aliphatic rings. The van der Waals surface area contributed by atoms with Gasteiger partial charge in [-0.2, -0.15) is 0 Å². The molecule has 0 spiro atoms. The van der Waals surface area contributed by atoms with Gasteiger partial charge in [0.1, 0.15) is 0 Å². The average molecular weight is 246 g/mol. The molecular weight excluding hydrogens is 228 g/mol. The van der Waals surface area contributed by atoms with Crippen LogP contribution in [0.4, 0.5) is 0 Å². The van der Waals surface area contributed by atoms with Gasteiger partial charge in [-0.05, 0) is 0 Å². The molecule has 0 bridgehead atoms. The minimum Gasteiger partial charge on any atom is -0.469 e. The summed E-state index contributed by atoms with van der Waals surface area (Å²) in [7, 11) is 2.67. The number of carbonyl (C=O) groups excluding carboxylic acids is 2. The maximum atomic E-state index is 11.1. The fraction of sp³-hybridized carbons (Fsp3) is 0.818. The molecule has 0 atom stereocenters. The lowest BCUT2D eigenvalue weighted by molar-refractivity contribution is -0.178. The maximum Gasteiger partial charge on any atom is 0.305 e. The largest absolute Gasteiger partial charge is 0.469 e. The Hall–Kier alpha value is -1.14. The topological polar surface area (TPSA) is 71.1 Å². The van der Waals surface area contributed by atoms with Crippen LogP contribution in [-0.2, 0) is 28.5 Å². The van der Waals surface area contributed by atoms with E-state index in [0.29, 0.717) is 26.1 Å². The molecule has 1 saturated heterocycles. The average Bonchev–Trinajstić information content (AvgIpc) is 2.82. The third-order valence-corrected chi connectivity index (χ3v) is 2.69. The van der Waals surface area contributed by atoms with E-state index in [1.807, 2.05) is 0 Å². The molecule has 17 heavy (non-hydrogen) atoms. The predicted octanol–water partition coefficient (Wildman–Crippen LogP) is 0.636. The molecular formula is C11H18O6. The van der Waals surface area contributed by atoms with Crippen LogP contribution in [0.25, 0.3) is 0 Å². The zero-order valence-corrected chi connectivity index (χ0v) is 10.2. The molecule has 6 heteroatoms. The van der Waals surface area contributed by atoms with E-state index in [1.165, 1.54) is 14.2 Å². The summed E-state index contributed by atoms with van der Waals surface area (Å²) in [5.41, 5.74) is 0. The highest BCUT2D eigenvalue weighted by Crippen LogP contribution is 2.30. The minimum absolute atomic E-state index is 0.206. The van der Waals surface area contributed by atoms with Crippen molar-refractivity contribution in [1.82, 2.24) is 0 Å². The van der Waals surface area contributed by atoms with Crippen LogP contribution in [0.2, 0.25) is 0 Å². The molecule has 0 aromatic carbocycles. The third-order valence-electron chi connectivity index (χ3n) is 2.69. The molecule has 0 saturated carbocycles. The number of rotatable bonds is 6. The van der Waals surface area contributed by atoms with E-state index in [4.69, 9.17) is 9.47 Å². The zero-order chi connectivity index (χ0) is 12.7. The Balaban J connectivity index is 2.44. The van der Waals surface area contributed by atoms with E-state index in [0.717, 1.165) is 0 Å². The van der Waals surface area contributed by atoms with Crippen LogP contribution in [0.5, 0.6) is 0 Å². The quantitative estimate of drug-likeness (QED) is 0.640. The van der Waals surface area contributed by atoms with Crippen molar-refractivity contribution in [3.8, 4) is 0 Å². The van der Waals surface area contributed by atoms with Crippen LogP contribution in [0.1, 0.15) is 25.7 Å². The van der Waals surface area contributed by atoms with E-state index < -0.39 is 5.79 Å². The molecule has 6 nitrogen and oxygen atoms in total. The number of hydrogen-bond acceptors (Lipinski definition) is 6. The lowest BCUT2D eigenvalue weighted by Gasteiger charge is -2.26. The monoisotopic (exact) mass is 246 g/mol. The summed E-state index contributed by atoms with van der Waals surface area (Å²) in [5.74, 6) is -1.48. The fourth-order valence-electron chi connectivity index (χ4n) is 1.70. The molecule has 1 heterocycles. The van der Waals surface area contributed by atoms with Gasteiger partial charge in [0, 0.05) is 12.8 Å². The Morgan fingerprint density at radius 1 is 1.00 bits per heavy atom. The molecule has 1 aliphatic heterocycles. The minimum atomic E-state index is -0.845. The van der Waals surface area contributed by atoms with E-state index in [1.54, 1.807) is 0 Å². The number of hydrogen-bond donors (Lipinski definition) is 0. The van der Waals surface area contributed by atoms with E-state index >= 15 is 0 Å². The highest BCUT2D eigenvalue weighted by molar-refractivity contribution is 5.70. The van der Waals surface area contributed by atoms with Crippen LogP contribution < -0.4 is 0 Å². The van der Waals surface area contributed by atoms with Gasteiger partial charge in [0.25, 0.3) is 0 Å². The highest BCUT2D eigenvalue weighted by atomic mass is 16.7. The van der Waals surface area contributed by atoms with Gasteiger partial charge in [-0.25, -0.2) is 0 Å². The first-order chi connectivity index (χ1) is 8.12. The second kappa shape index (κ2) is 6.56. The molecule has 0 aromatic heterocycles. The Bertz CT molecular complexity index is 247. The number of esters is 2. The van der Waals surface area contributed by atoms with Crippen molar-refractivity contribution in [2.75, 3.05) is 27.4 Å². The normalized spacial score (nSPS) is 17.8. The molecule has 1 rings (SSSR count). The summed E-state index contributed by atoms with van der Waals surface area (Å²) in [6.45, 7) is 0.949. The Morgan fingerprint density at radius 3 is 1.76 bits per heavy atom. The van der Waals surface area contributed by atoms with Crippen LogP contribution >= 0.6 is 0 Å².